The van der Waals surface area contributed by atoms with E-state index in [4.69, 9.17) is 5.53 Å². The second-order valence-corrected chi connectivity index (χ2v) is 4.31. The van der Waals surface area contributed by atoms with Crippen molar-refractivity contribution >= 4 is 17.7 Å². The number of thioether (sulfide) groups is 1. The van der Waals surface area contributed by atoms with Crippen molar-refractivity contribution in [3.63, 3.8) is 0 Å². The lowest BCUT2D eigenvalue weighted by Gasteiger charge is -2.08. The van der Waals surface area contributed by atoms with Gasteiger partial charge in [0, 0.05) is 29.7 Å². The van der Waals surface area contributed by atoms with Gasteiger partial charge in [0.15, 0.2) is 0 Å². The fourth-order valence-corrected chi connectivity index (χ4v) is 2.51. The molecule has 1 aliphatic heterocycles. The van der Waals surface area contributed by atoms with Gasteiger partial charge < -0.3 is 5.32 Å². The van der Waals surface area contributed by atoms with E-state index in [1.54, 1.807) is 0 Å². The Morgan fingerprint density at radius 1 is 1.71 bits per heavy atom. The predicted molar refractivity (Wildman–Crippen MR) is 57.1 cm³/mol. The Morgan fingerprint density at radius 2 is 2.57 bits per heavy atom. The Labute approximate surface area is 87.3 Å². The van der Waals surface area contributed by atoms with Gasteiger partial charge in [-0.05, 0) is 24.1 Å². The zero-order chi connectivity index (χ0) is 10.2. The molecule has 1 N–H and O–H groups in total. The van der Waals surface area contributed by atoms with Crippen molar-refractivity contribution in [2.75, 3.05) is 24.6 Å². The van der Waals surface area contributed by atoms with Gasteiger partial charge in [-0.2, -0.15) is 11.8 Å². The molecule has 1 amide bonds. The van der Waals surface area contributed by atoms with E-state index >= 15 is 0 Å². The summed E-state index contributed by atoms with van der Waals surface area (Å²) in [5, 5.41) is 6.24. The van der Waals surface area contributed by atoms with Crippen LogP contribution >= 0.6 is 11.8 Å². The maximum Gasteiger partial charge on any atom is 0.223 e. The molecule has 5 nitrogen and oxygen atoms in total. The first-order chi connectivity index (χ1) is 6.84. The minimum atomic E-state index is 0.149. The molecule has 1 rings (SSSR count). The summed E-state index contributed by atoms with van der Waals surface area (Å²) in [5.41, 5.74) is 8.02. The highest BCUT2D eigenvalue weighted by molar-refractivity contribution is 7.99. The molecule has 0 radical (unpaired) electrons. The molecule has 0 bridgehead atoms. The van der Waals surface area contributed by atoms with E-state index in [0.29, 0.717) is 13.1 Å². The van der Waals surface area contributed by atoms with Crippen LogP contribution in [0.2, 0.25) is 0 Å². The zero-order valence-corrected chi connectivity index (χ0v) is 8.79. The van der Waals surface area contributed by atoms with Crippen LogP contribution in [0, 0.1) is 5.92 Å². The summed E-state index contributed by atoms with van der Waals surface area (Å²) in [5.74, 6) is 2.38. The summed E-state index contributed by atoms with van der Waals surface area (Å²) in [7, 11) is 0. The number of amides is 1. The van der Waals surface area contributed by atoms with Gasteiger partial charge in [0.25, 0.3) is 0 Å². The minimum Gasteiger partial charge on any atom is -0.356 e. The summed E-state index contributed by atoms with van der Waals surface area (Å²) in [4.78, 5) is 14.1. The van der Waals surface area contributed by atoms with Crippen LogP contribution in [0.1, 0.15) is 12.8 Å². The van der Waals surface area contributed by atoms with E-state index in [-0.39, 0.29) is 11.8 Å². The molecule has 6 heteroatoms. The molecule has 0 saturated carbocycles. The second kappa shape index (κ2) is 6.56. The molecule has 1 saturated heterocycles. The summed E-state index contributed by atoms with van der Waals surface area (Å²) < 4.78 is 0. The summed E-state index contributed by atoms with van der Waals surface area (Å²) in [6, 6.07) is 0. The lowest BCUT2D eigenvalue weighted by molar-refractivity contribution is -0.124. The van der Waals surface area contributed by atoms with Crippen molar-refractivity contribution < 1.29 is 4.79 Å². The van der Waals surface area contributed by atoms with Crippen molar-refractivity contribution in [1.29, 1.82) is 0 Å². The summed E-state index contributed by atoms with van der Waals surface area (Å²) in [6.07, 6.45) is 1.71. The molecule has 1 aliphatic rings. The van der Waals surface area contributed by atoms with E-state index < -0.39 is 0 Å². The number of carbonyl (C=O) groups is 1. The number of hydrogen-bond acceptors (Lipinski definition) is 3. The number of carbonyl (C=O) groups excluding carboxylic acids is 1. The number of azide groups is 1. The van der Waals surface area contributed by atoms with Gasteiger partial charge in [-0.15, -0.1) is 0 Å². The molecule has 0 aliphatic carbocycles. The van der Waals surface area contributed by atoms with Crippen LogP contribution in [0.15, 0.2) is 5.11 Å². The highest BCUT2D eigenvalue weighted by Gasteiger charge is 2.22. The SMILES string of the molecule is [N-]=[N+]=NCCCNC(=O)C1CCSC1. The fourth-order valence-electron chi connectivity index (χ4n) is 1.29. The molecule has 1 unspecified atom stereocenters. The number of rotatable bonds is 5. The second-order valence-electron chi connectivity index (χ2n) is 3.16. The van der Waals surface area contributed by atoms with Crippen LogP contribution < -0.4 is 5.32 Å². The van der Waals surface area contributed by atoms with Crippen molar-refractivity contribution in [2.45, 2.75) is 12.8 Å². The van der Waals surface area contributed by atoms with Gasteiger partial charge in [0.1, 0.15) is 0 Å². The highest BCUT2D eigenvalue weighted by Crippen LogP contribution is 2.23. The molecular weight excluding hydrogens is 200 g/mol. The molecule has 0 spiro atoms. The topological polar surface area (TPSA) is 77.9 Å². The number of hydrogen-bond donors (Lipinski definition) is 1. The van der Waals surface area contributed by atoms with Crippen LogP contribution in [0.4, 0.5) is 0 Å². The van der Waals surface area contributed by atoms with Crippen molar-refractivity contribution in [1.82, 2.24) is 5.32 Å². The van der Waals surface area contributed by atoms with Crippen LogP contribution in [0.3, 0.4) is 0 Å². The maximum atomic E-state index is 11.5. The van der Waals surface area contributed by atoms with Crippen molar-refractivity contribution in [2.24, 2.45) is 11.0 Å². The van der Waals surface area contributed by atoms with Gasteiger partial charge >= 0.3 is 0 Å². The third kappa shape index (κ3) is 3.89. The Balaban J connectivity index is 2.05. The Bertz CT molecular complexity index is 233. The van der Waals surface area contributed by atoms with E-state index in [1.165, 1.54) is 0 Å². The minimum absolute atomic E-state index is 0.149. The molecule has 1 atom stereocenters. The van der Waals surface area contributed by atoms with Gasteiger partial charge in [-0.1, -0.05) is 5.11 Å². The van der Waals surface area contributed by atoms with E-state index in [9.17, 15) is 4.79 Å². The van der Waals surface area contributed by atoms with E-state index in [1.807, 2.05) is 11.8 Å². The van der Waals surface area contributed by atoms with Gasteiger partial charge in [0.2, 0.25) is 5.91 Å². The average Bonchev–Trinajstić information content (AvgIpc) is 2.70. The van der Waals surface area contributed by atoms with Crippen molar-refractivity contribution in [3.8, 4) is 0 Å². The normalized spacial score (nSPS) is 20.1. The highest BCUT2D eigenvalue weighted by atomic mass is 32.2. The first-order valence-electron chi connectivity index (χ1n) is 4.71. The van der Waals surface area contributed by atoms with Crippen LogP contribution in [0.5, 0.6) is 0 Å². The molecule has 78 valence electrons. The number of nitrogens with one attached hydrogen (secondary N) is 1. The molecular formula is C8H14N4OS. The van der Waals surface area contributed by atoms with Crippen molar-refractivity contribution in [3.05, 3.63) is 10.4 Å². The Kier molecular flexibility index (Phi) is 5.25. The Hall–Kier alpha value is -0.870. The smallest absolute Gasteiger partial charge is 0.223 e. The zero-order valence-electron chi connectivity index (χ0n) is 7.98. The predicted octanol–water partition coefficient (Wildman–Crippen LogP) is 1.56. The fraction of sp³-hybridized carbons (Fsp3) is 0.875. The van der Waals surface area contributed by atoms with E-state index in [0.717, 1.165) is 24.3 Å². The maximum absolute atomic E-state index is 11.5. The summed E-state index contributed by atoms with van der Waals surface area (Å²) >= 11 is 1.83. The summed E-state index contributed by atoms with van der Waals surface area (Å²) in [6.45, 7) is 1.06. The Morgan fingerprint density at radius 3 is 3.21 bits per heavy atom. The molecule has 0 aromatic carbocycles. The molecule has 0 aromatic heterocycles. The monoisotopic (exact) mass is 214 g/mol. The lowest BCUT2D eigenvalue weighted by atomic mass is 10.1. The largest absolute Gasteiger partial charge is 0.356 e. The molecule has 1 fully saturated rings. The van der Waals surface area contributed by atoms with Crippen LogP contribution in [-0.2, 0) is 4.79 Å². The molecule has 1 heterocycles. The molecule has 14 heavy (non-hydrogen) atoms. The van der Waals surface area contributed by atoms with Gasteiger partial charge in [-0.25, -0.2) is 0 Å². The first-order valence-corrected chi connectivity index (χ1v) is 5.86. The number of nitrogens with zero attached hydrogens (tertiary/aromatic N) is 3. The molecule has 0 aromatic rings. The first kappa shape index (κ1) is 11.2. The lowest BCUT2D eigenvalue weighted by Crippen LogP contribution is -2.31. The quantitative estimate of drug-likeness (QED) is 0.326. The van der Waals surface area contributed by atoms with Crippen LogP contribution in [-0.4, -0.2) is 30.5 Å². The van der Waals surface area contributed by atoms with Gasteiger partial charge in [-0.3, -0.25) is 4.79 Å². The standard InChI is InChI=1S/C8H14N4OS/c9-12-11-4-1-3-10-8(13)7-2-5-14-6-7/h7H,1-6H2,(H,10,13). The van der Waals surface area contributed by atoms with E-state index in [2.05, 4.69) is 15.3 Å². The van der Waals surface area contributed by atoms with Crippen LogP contribution in [0.25, 0.3) is 10.4 Å². The third-order valence-corrected chi connectivity index (χ3v) is 3.26. The van der Waals surface area contributed by atoms with Gasteiger partial charge in [0.05, 0.1) is 0 Å². The third-order valence-electron chi connectivity index (χ3n) is 2.10. The average molecular weight is 214 g/mol.